The summed E-state index contributed by atoms with van der Waals surface area (Å²) in [7, 11) is 1.33. The predicted octanol–water partition coefficient (Wildman–Crippen LogP) is 1.81. The quantitative estimate of drug-likeness (QED) is 0.692. The normalized spacial score (nSPS) is 10.8. The molecule has 5 heteroatoms. The van der Waals surface area contributed by atoms with Crippen LogP contribution in [0.3, 0.4) is 0 Å². The van der Waals surface area contributed by atoms with Crippen LogP contribution < -0.4 is 0 Å². The Bertz CT molecular complexity index is 245. The van der Waals surface area contributed by atoms with Crippen molar-refractivity contribution in [3.05, 3.63) is 0 Å². The SMILES string of the molecule is CCN(CCC(=O)OC)C(=O)OC(C)(C)C. The molecule has 0 atom stereocenters. The van der Waals surface area contributed by atoms with Gasteiger partial charge in [-0.25, -0.2) is 4.79 Å². The molecule has 0 aliphatic heterocycles. The Kier molecular flexibility index (Phi) is 5.85. The van der Waals surface area contributed by atoms with E-state index in [1.807, 2.05) is 6.92 Å². The lowest BCUT2D eigenvalue weighted by atomic mass is 10.2. The first-order chi connectivity index (χ1) is 7.30. The van der Waals surface area contributed by atoms with E-state index >= 15 is 0 Å². The standard InChI is InChI=1S/C11H21NO4/c1-6-12(8-7-9(13)15-5)10(14)16-11(2,3)4/h6-8H2,1-5H3. The van der Waals surface area contributed by atoms with Gasteiger partial charge < -0.3 is 14.4 Å². The zero-order valence-electron chi connectivity index (χ0n) is 10.7. The maximum absolute atomic E-state index is 11.6. The number of esters is 1. The molecule has 0 aliphatic rings. The summed E-state index contributed by atoms with van der Waals surface area (Å²) < 4.78 is 9.70. The zero-order valence-corrected chi connectivity index (χ0v) is 10.7. The van der Waals surface area contributed by atoms with E-state index in [0.29, 0.717) is 13.1 Å². The number of amides is 1. The topological polar surface area (TPSA) is 55.8 Å². The lowest BCUT2D eigenvalue weighted by Gasteiger charge is -2.26. The highest BCUT2D eigenvalue weighted by atomic mass is 16.6. The lowest BCUT2D eigenvalue weighted by molar-refractivity contribution is -0.140. The van der Waals surface area contributed by atoms with Gasteiger partial charge in [0.15, 0.2) is 0 Å². The van der Waals surface area contributed by atoms with Gasteiger partial charge in [-0.1, -0.05) is 0 Å². The van der Waals surface area contributed by atoms with E-state index in [1.165, 1.54) is 12.0 Å². The third kappa shape index (κ3) is 6.27. The van der Waals surface area contributed by atoms with Crippen molar-refractivity contribution < 1.29 is 19.1 Å². The Morgan fingerprint density at radius 2 is 1.81 bits per heavy atom. The molecule has 0 aromatic heterocycles. The van der Waals surface area contributed by atoms with Crippen molar-refractivity contribution in [2.75, 3.05) is 20.2 Å². The van der Waals surface area contributed by atoms with Crippen LogP contribution in [0.4, 0.5) is 4.79 Å². The van der Waals surface area contributed by atoms with Crippen molar-refractivity contribution in [3.63, 3.8) is 0 Å². The molecule has 0 aliphatic carbocycles. The summed E-state index contributed by atoms with van der Waals surface area (Å²) in [4.78, 5) is 24.1. The van der Waals surface area contributed by atoms with Gasteiger partial charge in [-0.05, 0) is 27.7 Å². The van der Waals surface area contributed by atoms with E-state index in [-0.39, 0.29) is 12.4 Å². The molecule has 0 bridgehead atoms. The van der Waals surface area contributed by atoms with Gasteiger partial charge in [0.05, 0.1) is 13.5 Å². The predicted molar refractivity (Wildman–Crippen MR) is 60.1 cm³/mol. The monoisotopic (exact) mass is 231 g/mol. The largest absolute Gasteiger partial charge is 0.469 e. The number of hydrogen-bond donors (Lipinski definition) is 0. The first kappa shape index (κ1) is 14.7. The molecule has 0 fully saturated rings. The van der Waals surface area contributed by atoms with E-state index in [0.717, 1.165) is 0 Å². The summed E-state index contributed by atoms with van der Waals surface area (Å²) in [5.74, 6) is -0.331. The Hall–Kier alpha value is -1.26. The van der Waals surface area contributed by atoms with E-state index in [1.54, 1.807) is 20.8 Å². The van der Waals surface area contributed by atoms with Gasteiger partial charge in [0.2, 0.25) is 0 Å². The molecular weight excluding hydrogens is 210 g/mol. The van der Waals surface area contributed by atoms with Crippen molar-refractivity contribution >= 4 is 12.1 Å². The molecule has 0 radical (unpaired) electrons. The van der Waals surface area contributed by atoms with E-state index in [9.17, 15) is 9.59 Å². The Morgan fingerprint density at radius 3 is 2.19 bits per heavy atom. The van der Waals surface area contributed by atoms with Gasteiger partial charge in [-0.3, -0.25) is 4.79 Å². The molecule has 94 valence electrons. The minimum atomic E-state index is -0.518. The average molecular weight is 231 g/mol. The van der Waals surface area contributed by atoms with Crippen LogP contribution >= 0.6 is 0 Å². The van der Waals surface area contributed by atoms with Crippen LogP contribution in [0.1, 0.15) is 34.1 Å². The van der Waals surface area contributed by atoms with Crippen LogP contribution in [-0.2, 0) is 14.3 Å². The van der Waals surface area contributed by atoms with Crippen LogP contribution in [0.5, 0.6) is 0 Å². The second-order valence-corrected chi connectivity index (χ2v) is 4.39. The highest BCUT2D eigenvalue weighted by Gasteiger charge is 2.21. The second kappa shape index (κ2) is 6.35. The highest BCUT2D eigenvalue weighted by Crippen LogP contribution is 2.10. The Labute approximate surface area is 96.7 Å². The molecule has 0 saturated heterocycles. The van der Waals surface area contributed by atoms with Gasteiger partial charge in [0.1, 0.15) is 5.60 Å². The van der Waals surface area contributed by atoms with Crippen molar-refractivity contribution in [2.24, 2.45) is 0 Å². The molecular formula is C11H21NO4. The lowest BCUT2D eigenvalue weighted by Crippen LogP contribution is -2.37. The third-order valence-electron chi connectivity index (χ3n) is 1.85. The molecule has 0 rings (SSSR count). The molecule has 0 heterocycles. The van der Waals surface area contributed by atoms with Crippen LogP contribution in [-0.4, -0.2) is 42.8 Å². The van der Waals surface area contributed by atoms with Crippen molar-refractivity contribution in [1.29, 1.82) is 0 Å². The van der Waals surface area contributed by atoms with Gasteiger partial charge >= 0.3 is 12.1 Å². The summed E-state index contributed by atoms with van der Waals surface area (Å²) in [5.41, 5.74) is -0.518. The minimum absolute atomic E-state index is 0.184. The number of carbonyl (C=O) groups excluding carboxylic acids is 2. The van der Waals surface area contributed by atoms with Crippen LogP contribution in [0, 0.1) is 0 Å². The molecule has 0 spiro atoms. The van der Waals surface area contributed by atoms with Crippen LogP contribution in [0.2, 0.25) is 0 Å². The number of hydrogen-bond acceptors (Lipinski definition) is 4. The average Bonchev–Trinajstić information content (AvgIpc) is 2.15. The first-order valence-corrected chi connectivity index (χ1v) is 5.35. The van der Waals surface area contributed by atoms with Crippen LogP contribution in [0.15, 0.2) is 0 Å². The molecule has 1 amide bonds. The van der Waals surface area contributed by atoms with Crippen LogP contribution in [0.25, 0.3) is 0 Å². The van der Waals surface area contributed by atoms with Crippen molar-refractivity contribution in [3.8, 4) is 0 Å². The third-order valence-corrected chi connectivity index (χ3v) is 1.85. The number of rotatable bonds is 4. The molecule has 0 N–H and O–H groups in total. The van der Waals surface area contributed by atoms with Gasteiger partial charge in [0.25, 0.3) is 0 Å². The van der Waals surface area contributed by atoms with Crippen molar-refractivity contribution in [2.45, 2.75) is 39.7 Å². The highest BCUT2D eigenvalue weighted by molar-refractivity contribution is 5.72. The number of carbonyl (C=O) groups is 2. The number of ether oxygens (including phenoxy) is 2. The summed E-state index contributed by atoms with van der Waals surface area (Å²) in [6.45, 7) is 8.07. The molecule has 5 nitrogen and oxygen atoms in total. The summed E-state index contributed by atoms with van der Waals surface area (Å²) >= 11 is 0. The van der Waals surface area contributed by atoms with E-state index < -0.39 is 11.7 Å². The first-order valence-electron chi connectivity index (χ1n) is 5.35. The smallest absolute Gasteiger partial charge is 0.410 e. The zero-order chi connectivity index (χ0) is 12.8. The fourth-order valence-electron chi connectivity index (χ4n) is 1.03. The van der Waals surface area contributed by atoms with E-state index in [2.05, 4.69) is 4.74 Å². The fraction of sp³-hybridized carbons (Fsp3) is 0.818. The molecule has 16 heavy (non-hydrogen) atoms. The van der Waals surface area contributed by atoms with Gasteiger partial charge in [-0.15, -0.1) is 0 Å². The summed E-state index contributed by atoms with van der Waals surface area (Å²) in [5, 5.41) is 0. The van der Waals surface area contributed by atoms with Crippen molar-refractivity contribution in [1.82, 2.24) is 4.90 Å². The molecule has 0 unspecified atom stereocenters. The molecule has 0 aromatic rings. The van der Waals surface area contributed by atoms with Gasteiger partial charge in [0, 0.05) is 13.1 Å². The van der Waals surface area contributed by atoms with Gasteiger partial charge in [-0.2, -0.15) is 0 Å². The molecule has 0 saturated carbocycles. The Balaban J connectivity index is 4.17. The Morgan fingerprint density at radius 1 is 1.25 bits per heavy atom. The minimum Gasteiger partial charge on any atom is -0.469 e. The fourth-order valence-corrected chi connectivity index (χ4v) is 1.03. The maximum atomic E-state index is 11.6. The maximum Gasteiger partial charge on any atom is 0.410 e. The summed E-state index contributed by atoms with van der Waals surface area (Å²) in [6.07, 6.45) is -0.220. The number of nitrogens with zero attached hydrogens (tertiary/aromatic N) is 1. The molecule has 0 aromatic carbocycles. The summed E-state index contributed by atoms with van der Waals surface area (Å²) in [6, 6.07) is 0. The number of methoxy groups -OCH3 is 1. The van der Waals surface area contributed by atoms with E-state index in [4.69, 9.17) is 4.74 Å². The second-order valence-electron chi connectivity index (χ2n) is 4.39.